The number of likely N-dealkylation sites (tertiary alicyclic amines) is 1. The Hall–Kier alpha value is -1.10. The van der Waals surface area contributed by atoms with E-state index in [4.69, 9.17) is 0 Å². The van der Waals surface area contributed by atoms with E-state index in [1.165, 1.54) is 0 Å². The third-order valence-corrected chi connectivity index (χ3v) is 4.08. The number of carbonyl (C=O) groups excluding carboxylic acids is 2. The van der Waals surface area contributed by atoms with Gasteiger partial charge in [0.15, 0.2) is 0 Å². The molecule has 18 heavy (non-hydrogen) atoms. The number of hydrogen-bond donors (Lipinski definition) is 1. The molecule has 0 aromatic heterocycles. The number of amides is 2. The molecule has 5 heteroatoms. The summed E-state index contributed by atoms with van der Waals surface area (Å²) in [4.78, 5) is 26.9. The van der Waals surface area contributed by atoms with Crippen molar-refractivity contribution in [3.8, 4) is 0 Å². The lowest BCUT2D eigenvalue weighted by Gasteiger charge is -2.32. The van der Waals surface area contributed by atoms with Crippen LogP contribution in [0.4, 0.5) is 4.79 Å². The number of Topliss-reactive ketones (excluding diaryl/α,β-unsaturated/α-hetero) is 1. The molecule has 1 atom stereocenters. The molecule has 0 saturated carbocycles. The second-order valence-corrected chi connectivity index (χ2v) is 5.59. The Morgan fingerprint density at radius 2 is 2.06 bits per heavy atom. The van der Waals surface area contributed by atoms with Gasteiger partial charge in [0.1, 0.15) is 5.78 Å². The van der Waals surface area contributed by atoms with Gasteiger partial charge >= 0.3 is 6.03 Å². The molecule has 1 unspecified atom stereocenters. The van der Waals surface area contributed by atoms with Gasteiger partial charge in [-0.05, 0) is 45.8 Å². The molecule has 1 N–H and O–H groups in total. The number of carbonyl (C=O) groups is 2. The van der Waals surface area contributed by atoms with Gasteiger partial charge in [-0.3, -0.25) is 4.79 Å². The molecule has 0 aliphatic carbocycles. The van der Waals surface area contributed by atoms with E-state index in [0.717, 1.165) is 32.5 Å². The van der Waals surface area contributed by atoms with Gasteiger partial charge in [0.2, 0.25) is 0 Å². The molecule has 2 amide bonds. The molecule has 0 radical (unpaired) electrons. The number of urea groups is 1. The fourth-order valence-electron chi connectivity index (χ4n) is 2.80. The first-order valence-electron chi connectivity index (χ1n) is 6.79. The van der Waals surface area contributed by atoms with Crippen molar-refractivity contribution in [2.45, 2.75) is 32.2 Å². The quantitative estimate of drug-likeness (QED) is 0.802. The normalized spacial score (nSPS) is 26.4. The summed E-state index contributed by atoms with van der Waals surface area (Å²) in [6.07, 6.45) is 2.78. The van der Waals surface area contributed by atoms with Crippen LogP contribution < -0.4 is 5.32 Å². The Morgan fingerprint density at radius 1 is 1.39 bits per heavy atom. The van der Waals surface area contributed by atoms with Crippen LogP contribution in [-0.4, -0.2) is 60.9 Å². The van der Waals surface area contributed by atoms with Crippen LogP contribution in [0.5, 0.6) is 0 Å². The topological polar surface area (TPSA) is 52.7 Å². The highest BCUT2D eigenvalue weighted by Gasteiger charge is 2.34. The summed E-state index contributed by atoms with van der Waals surface area (Å²) in [6.45, 7) is 5.13. The van der Waals surface area contributed by atoms with E-state index in [2.05, 4.69) is 17.3 Å². The molecule has 0 spiro atoms. The Bertz CT molecular complexity index is 324. The number of ketones is 1. The largest absolute Gasteiger partial charge is 0.333 e. The zero-order valence-electron chi connectivity index (χ0n) is 11.3. The smallest absolute Gasteiger partial charge is 0.317 e. The van der Waals surface area contributed by atoms with Crippen LogP contribution in [0.2, 0.25) is 0 Å². The van der Waals surface area contributed by atoms with Crippen LogP contribution in [-0.2, 0) is 4.79 Å². The monoisotopic (exact) mass is 253 g/mol. The average molecular weight is 253 g/mol. The molecule has 0 bridgehead atoms. The third kappa shape index (κ3) is 3.22. The summed E-state index contributed by atoms with van der Waals surface area (Å²) in [6, 6.07) is 0.276. The summed E-state index contributed by atoms with van der Waals surface area (Å²) >= 11 is 0. The van der Waals surface area contributed by atoms with Crippen molar-refractivity contribution >= 4 is 11.8 Å². The van der Waals surface area contributed by atoms with Gasteiger partial charge in [0, 0.05) is 19.5 Å². The molecule has 2 saturated heterocycles. The average Bonchev–Trinajstić information content (AvgIpc) is 2.69. The number of nitrogens with zero attached hydrogens (tertiary/aromatic N) is 2. The summed E-state index contributed by atoms with van der Waals surface area (Å²) in [7, 11) is 2.14. The highest BCUT2D eigenvalue weighted by Crippen LogP contribution is 2.23. The predicted molar refractivity (Wildman–Crippen MR) is 69.4 cm³/mol. The van der Waals surface area contributed by atoms with Crippen LogP contribution in [0.15, 0.2) is 0 Å². The zero-order chi connectivity index (χ0) is 13.1. The molecule has 2 aliphatic heterocycles. The standard InChI is InChI=1S/C13H23N3O2/c1-10(17)3-8-16-9-12(14-13(16)18)11-4-6-15(2)7-5-11/h11-12H,3-9H2,1-2H3,(H,14,18). The van der Waals surface area contributed by atoms with E-state index in [1.807, 2.05) is 0 Å². The summed E-state index contributed by atoms with van der Waals surface area (Å²) in [5.74, 6) is 0.734. The Morgan fingerprint density at radius 3 is 2.67 bits per heavy atom. The lowest BCUT2D eigenvalue weighted by atomic mass is 9.90. The summed E-state index contributed by atoms with van der Waals surface area (Å²) < 4.78 is 0. The van der Waals surface area contributed by atoms with Crippen molar-refractivity contribution in [3.63, 3.8) is 0 Å². The van der Waals surface area contributed by atoms with Crippen molar-refractivity contribution in [2.24, 2.45) is 5.92 Å². The number of piperidine rings is 1. The van der Waals surface area contributed by atoms with E-state index in [9.17, 15) is 9.59 Å². The first-order chi connectivity index (χ1) is 8.56. The van der Waals surface area contributed by atoms with Crippen molar-refractivity contribution in [1.82, 2.24) is 15.1 Å². The molecular weight excluding hydrogens is 230 g/mol. The minimum Gasteiger partial charge on any atom is -0.333 e. The predicted octanol–water partition coefficient (Wildman–Crippen LogP) is 0.701. The molecule has 0 aromatic carbocycles. The Labute approximate surface area is 108 Å². The number of rotatable bonds is 4. The van der Waals surface area contributed by atoms with Gasteiger partial charge in [0.25, 0.3) is 0 Å². The second kappa shape index (κ2) is 5.69. The SMILES string of the molecule is CC(=O)CCN1CC(C2CCN(C)CC2)NC1=O. The van der Waals surface area contributed by atoms with Crippen molar-refractivity contribution < 1.29 is 9.59 Å². The van der Waals surface area contributed by atoms with Crippen LogP contribution in [0.1, 0.15) is 26.2 Å². The van der Waals surface area contributed by atoms with Gasteiger partial charge in [-0.25, -0.2) is 4.79 Å². The summed E-state index contributed by atoms with van der Waals surface area (Å²) in [5, 5.41) is 3.07. The van der Waals surface area contributed by atoms with Crippen molar-refractivity contribution in [2.75, 3.05) is 33.2 Å². The maximum absolute atomic E-state index is 11.8. The molecule has 2 rings (SSSR count). The van der Waals surface area contributed by atoms with Gasteiger partial charge in [-0.15, -0.1) is 0 Å². The fourth-order valence-corrected chi connectivity index (χ4v) is 2.80. The second-order valence-electron chi connectivity index (χ2n) is 5.59. The Balaban J connectivity index is 1.82. The minimum absolute atomic E-state index is 0.000165. The minimum atomic E-state index is 0.000165. The highest BCUT2D eigenvalue weighted by atomic mass is 16.2. The molecule has 0 aromatic rings. The van der Waals surface area contributed by atoms with E-state index in [1.54, 1.807) is 11.8 Å². The molecule has 2 aliphatic rings. The van der Waals surface area contributed by atoms with Crippen molar-refractivity contribution in [1.29, 1.82) is 0 Å². The van der Waals surface area contributed by atoms with Crippen LogP contribution in [0, 0.1) is 5.92 Å². The molecule has 2 heterocycles. The van der Waals surface area contributed by atoms with Gasteiger partial charge in [-0.1, -0.05) is 0 Å². The molecule has 102 valence electrons. The third-order valence-electron chi connectivity index (χ3n) is 4.08. The van der Waals surface area contributed by atoms with Gasteiger partial charge < -0.3 is 15.1 Å². The van der Waals surface area contributed by atoms with Crippen molar-refractivity contribution in [3.05, 3.63) is 0 Å². The van der Waals surface area contributed by atoms with E-state index < -0.39 is 0 Å². The lowest BCUT2D eigenvalue weighted by molar-refractivity contribution is -0.117. The van der Waals surface area contributed by atoms with E-state index >= 15 is 0 Å². The first-order valence-corrected chi connectivity index (χ1v) is 6.79. The highest BCUT2D eigenvalue weighted by molar-refractivity contribution is 5.79. The maximum Gasteiger partial charge on any atom is 0.317 e. The Kier molecular flexibility index (Phi) is 4.22. The molecule has 2 fully saturated rings. The zero-order valence-corrected chi connectivity index (χ0v) is 11.3. The van der Waals surface area contributed by atoms with E-state index in [-0.39, 0.29) is 17.9 Å². The molecular formula is C13H23N3O2. The first kappa shape index (κ1) is 13.3. The van der Waals surface area contributed by atoms with Crippen LogP contribution in [0.3, 0.4) is 0 Å². The summed E-state index contributed by atoms with van der Waals surface area (Å²) in [5.41, 5.74) is 0. The van der Waals surface area contributed by atoms with Gasteiger partial charge in [-0.2, -0.15) is 0 Å². The fraction of sp³-hybridized carbons (Fsp3) is 0.846. The number of hydrogen-bond acceptors (Lipinski definition) is 3. The van der Waals surface area contributed by atoms with E-state index in [0.29, 0.717) is 18.9 Å². The maximum atomic E-state index is 11.8. The lowest BCUT2D eigenvalue weighted by Crippen LogP contribution is -2.41. The van der Waals surface area contributed by atoms with Crippen LogP contribution >= 0.6 is 0 Å². The molecule has 5 nitrogen and oxygen atoms in total. The number of nitrogens with one attached hydrogen (secondary N) is 1. The van der Waals surface area contributed by atoms with Gasteiger partial charge in [0.05, 0.1) is 6.04 Å². The van der Waals surface area contributed by atoms with Crippen LogP contribution in [0.25, 0.3) is 0 Å².